The second-order valence-electron chi connectivity index (χ2n) is 7.17. The molecule has 0 bridgehead atoms. The molecule has 0 amide bonds. The van der Waals surface area contributed by atoms with Crippen molar-refractivity contribution < 1.29 is 9.90 Å². The van der Waals surface area contributed by atoms with Crippen LogP contribution in [0.2, 0.25) is 0 Å². The number of fused-ring (bicyclic) bond motifs is 1. The molecule has 134 valence electrons. The van der Waals surface area contributed by atoms with E-state index in [1.807, 2.05) is 0 Å². The molecule has 1 fully saturated rings. The Bertz CT molecular complexity index is 927. The van der Waals surface area contributed by atoms with Crippen LogP contribution in [-0.2, 0) is 4.79 Å². The molecule has 1 aliphatic heterocycles. The second-order valence-corrected chi connectivity index (χ2v) is 8.11. The number of carbonyl (C=O) groups is 1. The van der Waals surface area contributed by atoms with Crippen LogP contribution in [0.25, 0.3) is 10.8 Å². The fourth-order valence-electron chi connectivity index (χ4n) is 4.06. The number of nitrogens with zero attached hydrogens (tertiary/aromatic N) is 1. The van der Waals surface area contributed by atoms with Crippen LogP contribution in [0.5, 0.6) is 0 Å². The Balaban J connectivity index is 1.82. The van der Waals surface area contributed by atoms with Gasteiger partial charge in [0.2, 0.25) is 0 Å². The molecule has 3 nitrogen and oxygen atoms in total. The largest absolute Gasteiger partial charge is 0.481 e. The molecule has 1 saturated heterocycles. The van der Waals surface area contributed by atoms with E-state index < -0.39 is 5.97 Å². The van der Waals surface area contributed by atoms with E-state index in [2.05, 4.69) is 65.7 Å². The topological polar surface area (TPSA) is 40.5 Å². The van der Waals surface area contributed by atoms with Gasteiger partial charge in [-0.3, -0.25) is 9.69 Å². The van der Waals surface area contributed by atoms with E-state index in [1.165, 1.54) is 26.8 Å². The van der Waals surface area contributed by atoms with Gasteiger partial charge in [-0.1, -0.05) is 42.5 Å². The minimum Gasteiger partial charge on any atom is -0.481 e. The van der Waals surface area contributed by atoms with Gasteiger partial charge in [0.25, 0.3) is 0 Å². The summed E-state index contributed by atoms with van der Waals surface area (Å²) in [6, 6.07) is 17.3. The van der Waals surface area contributed by atoms with E-state index in [9.17, 15) is 9.90 Å². The Morgan fingerprint density at radius 3 is 2.81 bits per heavy atom. The molecule has 2 unspecified atom stereocenters. The van der Waals surface area contributed by atoms with Crippen molar-refractivity contribution in [3.63, 3.8) is 0 Å². The number of hydrogen-bond acceptors (Lipinski definition) is 3. The van der Waals surface area contributed by atoms with Gasteiger partial charge in [-0.15, -0.1) is 11.3 Å². The van der Waals surface area contributed by atoms with Crippen molar-refractivity contribution in [2.75, 3.05) is 13.1 Å². The summed E-state index contributed by atoms with van der Waals surface area (Å²) in [5.74, 6) is -0.948. The van der Waals surface area contributed by atoms with Gasteiger partial charge in [0.15, 0.2) is 0 Å². The van der Waals surface area contributed by atoms with Gasteiger partial charge in [0.05, 0.1) is 12.0 Å². The molecule has 3 aromatic rings. The zero-order valence-corrected chi connectivity index (χ0v) is 15.7. The van der Waals surface area contributed by atoms with E-state index >= 15 is 0 Å². The SMILES string of the molecule is Cc1csc(C(c2cccc3ccccc23)N2CCCC(C(=O)O)C2)c1. The van der Waals surface area contributed by atoms with E-state index in [-0.39, 0.29) is 12.0 Å². The van der Waals surface area contributed by atoms with E-state index in [0.29, 0.717) is 6.54 Å². The first kappa shape index (κ1) is 17.3. The molecule has 1 N–H and O–H groups in total. The maximum atomic E-state index is 11.6. The third-order valence-corrected chi connectivity index (χ3v) is 6.41. The minimum absolute atomic E-state index is 0.113. The molecule has 4 heteroatoms. The lowest BCUT2D eigenvalue weighted by atomic mass is 9.92. The van der Waals surface area contributed by atoms with Crippen molar-refractivity contribution in [2.24, 2.45) is 5.92 Å². The summed E-state index contributed by atoms with van der Waals surface area (Å²) >= 11 is 1.78. The molecular formula is C22H23NO2S. The first-order valence-electron chi connectivity index (χ1n) is 9.13. The maximum absolute atomic E-state index is 11.6. The number of piperidine rings is 1. The molecule has 2 atom stereocenters. The Kier molecular flexibility index (Phi) is 4.79. The molecule has 0 radical (unpaired) electrons. The maximum Gasteiger partial charge on any atom is 0.307 e. The zero-order chi connectivity index (χ0) is 18.1. The summed E-state index contributed by atoms with van der Waals surface area (Å²) < 4.78 is 0. The summed E-state index contributed by atoms with van der Waals surface area (Å²) in [5.41, 5.74) is 2.54. The van der Waals surface area contributed by atoms with Gasteiger partial charge >= 0.3 is 5.97 Å². The predicted octanol–water partition coefficient (Wildman–Crippen LogP) is 5.10. The Labute approximate surface area is 157 Å². The van der Waals surface area contributed by atoms with Gasteiger partial charge in [0.1, 0.15) is 0 Å². The van der Waals surface area contributed by atoms with Crippen LogP contribution in [-0.4, -0.2) is 29.1 Å². The van der Waals surface area contributed by atoms with Gasteiger partial charge in [-0.25, -0.2) is 0 Å². The number of carboxylic acids is 1. The van der Waals surface area contributed by atoms with E-state index in [1.54, 1.807) is 11.3 Å². The number of carboxylic acid groups (broad SMARTS) is 1. The highest BCUT2D eigenvalue weighted by molar-refractivity contribution is 7.10. The van der Waals surface area contributed by atoms with Crippen molar-refractivity contribution in [1.29, 1.82) is 0 Å². The van der Waals surface area contributed by atoms with Crippen LogP contribution >= 0.6 is 11.3 Å². The van der Waals surface area contributed by atoms with Gasteiger partial charge < -0.3 is 5.11 Å². The molecule has 26 heavy (non-hydrogen) atoms. The van der Waals surface area contributed by atoms with Crippen LogP contribution < -0.4 is 0 Å². The quantitative estimate of drug-likeness (QED) is 0.699. The monoisotopic (exact) mass is 365 g/mol. The lowest BCUT2D eigenvalue weighted by Crippen LogP contribution is -2.41. The summed E-state index contributed by atoms with van der Waals surface area (Å²) in [6.07, 6.45) is 1.71. The van der Waals surface area contributed by atoms with Crippen LogP contribution in [0.15, 0.2) is 53.9 Å². The fourth-order valence-corrected chi connectivity index (χ4v) is 5.11. The third-order valence-electron chi connectivity index (χ3n) is 5.31. The van der Waals surface area contributed by atoms with E-state index in [0.717, 1.165) is 19.4 Å². The number of likely N-dealkylation sites (tertiary alicyclic amines) is 1. The first-order valence-corrected chi connectivity index (χ1v) is 10.0. The smallest absolute Gasteiger partial charge is 0.307 e. The number of aryl methyl sites for hydroxylation is 1. The Morgan fingerprint density at radius 2 is 2.04 bits per heavy atom. The Morgan fingerprint density at radius 1 is 1.23 bits per heavy atom. The number of thiophene rings is 1. The van der Waals surface area contributed by atoms with Gasteiger partial charge in [-0.2, -0.15) is 0 Å². The van der Waals surface area contributed by atoms with Crippen LogP contribution in [0, 0.1) is 12.8 Å². The van der Waals surface area contributed by atoms with Gasteiger partial charge in [-0.05, 0) is 59.7 Å². The molecule has 0 spiro atoms. The fraction of sp³-hybridized carbons (Fsp3) is 0.318. The van der Waals surface area contributed by atoms with Crippen molar-refractivity contribution >= 4 is 28.1 Å². The Hall–Kier alpha value is -2.17. The number of rotatable bonds is 4. The summed E-state index contributed by atoms with van der Waals surface area (Å²) in [4.78, 5) is 15.3. The van der Waals surface area contributed by atoms with Gasteiger partial charge in [0, 0.05) is 11.4 Å². The molecule has 1 aromatic heterocycles. The first-order chi connectivity index (χ1) is 12.6. The lowest BCUT2D eigenvalue weighted by molar-refractivity contribution is -0.143. The highest BCUT2D eigenvalue weighted by atomic mass is 32.1. The van der Waals surface area contributed by atoms with Crippen molar-refractivity contribution in [3.8, 4) is 0 Å². The van der Waals surface area contributed by atoms with Crippen molar-refractivity contribution in [3.05, 3.63) is 69.9 Å². The molecule has 1 aliphatic rings. The molecule has 2 aromatic carbocycles. The average molecular weight is 365 g/mol. The standard InChI is InChI=1S/C22H23NO2S/c1-15-12-20(26-14-15)21(23-11-5-8-17(13-23)22(24)25)19-10-4-7-16-6-2-3-9-18(16)19/h2-4,6-7,9-10,12,14,17,21H,5,8,11,13H2,1H3,(H,24,25). The minimum atomic E-state index is -0.672. The highest BCUT2D eigenvalue weighted by Crippen LogP contribution is 2.38. The summed E-state index contributed by atoms with van der Waals surface area (Å²) in [5, 5.41) is 14.2. The summed E-state index contributed by atoms with van der Waals surface area (Å²) in [7, 11) is 0. The highest BCUT2D eigenvalue weighted by Gasteiger charge is 2.32. The molecule has 2 heterocycles. The normalized spacial score (nSPS) is 19.5. The second kappa shape index (κ2) is 7.22. The number of hydrogen-bond donors (Lipinski definition) is 1. The van der Waals surface area contributed by atoms with Crippen LogP contribution in [0.3, 0.4) is 0 Å². The zero-order valence-electron chi connectivity index (χ0n) is 14.9. The predicted molar refractivity (Wildman–Crippen MR) is 107 cm³/mol. The molecule has 0 saturated carbocycles. The van der Waals surface area contributed by atoms with Crippen LogP contribution in [0.1, 0.15) is 34.9 Å². The van der Waals surface area contributed by atoms with Crippen LogP contribution in [0.4, 0.5) is 0 Å². The molecule has 4 rings (SSSR count). The molecule has 0 aliphatic carbocycles. The third kappa shape index (κ3) is 3.27. The molecular weight excluding hydrogens is 342 g/mol. The lowest BCUT2D eigenvalue weighted by Gasteiger charge is -2.37. The van der Waals surface area contributed by atoms with E-state index in [4.69, 9.17) is 0 Å². The van der Waals surface area contributed by atoms with Crippen molar-refractivity contribution in [2.45, 2.75) is 25.8 Å². The number of benzene rings is 2. The average Bonchev–Trinajstić information content (AvgIpc) is 3.08. The number of aliphatic carboxylic acids is 1. The van der Waals surface area contributed by atoms with Crippen molar-refractivity contribution in [1.82, 2.24) is 4.90 Å². The summed E-state index contributed by atoms with van der Waals surface area (Å²) in [6.45, 7) is 3.67.